The van der Waals surface area contributed by atoms with Gasteiger partial charge in [-0.3, -0.25) is 41.7 Å². The molecular weight excluding hydrogens is 1480 g/mol. The molecule has 14 heterocycles. The molecule has 9 aromatic heterocycles. The van der Waals surface area contributed by atoms with Crippen LogP contribution in [0.4, 0.5) is 25.8 Å². The molecule has 602 valence electrons. The van der Waals surface area contributed by atoms with Crippen LogP contribution in [0.5, 0.6) is 28.7 Å². The van der Waals surface area contributed by atoms with Gasteiger partial charge in [0.1, 0.15) is 40.0 Å². The highest BCUT2D eigenvalue weighted by molar-refractivity contribution is 5.80. The lowest BCUT2D eigenvalue weighted by molar-refractivity contribution is 0.0986. The maximum atomic E-state index is 14.1. The molecule has 5 aliphatic rings. The number of piperazine rings is 1. The molecule has 4 aromatic carbocycles. The van der Waals surface area contributed by atoms with E-state index in [4.69, 9.17) is 33.1 Å². The Kier molecular flexibility index (Phi) is 23.5. The summed E-state index contributed by atoms with van der Waals surface area (Å²) < 4.78 is 66.5. The molecule has 18 rings (SSSR count). The van der Waals surface area contributed by atoms with Crippen LogP contribution in [0.1, 0.15) is 44.9 Å². The first-order valence-electron chi connectivity index (χ1n) is 39.0. The number of rotatable bonds is 15. The predicted octanol–water partition coefficient (Wildman–Crippen LogP) is 10.3. The standard InChI is InChI=1S/C23H25FN4O3.C22H23N5O2.C22H25N3O4.C20H21FN4O2/c1-31-21-6-4-15(10-17(21)24)18-11-23(30)28-12-16(5-7-22(28)25-18)27-13-19(20(29)14-27)26-8-2-3-9-26;1-14-12-26(9-8-25(14)3)17-5-7-21-24-19(11-22(28)27(21)13-17)16-4-6-18-20(10-16)29-15(2)23-18;1-24-10-8-16(9-11-24)29-17-5-7-21-23-18(13-22(26)25(21)14-17)15-4-6-19(27-2)20(12-15)28-3;1-24(14-7-8-22-11-14)15-4-6-19-23-17(10-20(26)25(19)12-15)13-3-5-18(27-2)16(21)9-13/h4-7,10-12,19-20,29H,2-3,8-9,13-14H2,1H3;4-7,10-11,13-14H,8-9,12H2,1-3H3;4-7,12-14,16H,8-11H2,1-3H3;3-6,9-10,12,14,22H,7-8,11H2,1-2H3/t19-,20-;14-;;14-/m00.1/s1. The minimum Gasteiger partial charge on any atom is -0.494 e. The molecule has 116 heavy (non-hydrogen) atoms. The summed E-state index contributed by atoms with van der Waals surface area (Å²) in [6, 6.07) is 42.3. The predicted molar refractivity (Wildman–Crippen MR) is 444 cm³/mol. The number of nitrogens with zero attached hydrogens (tertiary/aromatic N) is 15. The van der Waals surface area contributed by atoms with Gasteiger partial charge in [-0.2, -0.15) is 0 Å². The van der Waals surface area contributed by atoms with Crippen molar-refractivity contribution in [3.63, 3.8) is 0 Å². The summed E-state index contributed by atoms with van der Waals surface area (Å²) in [5.41, 5.74) is 10.6. The maximum Gasteiger partial charge on any atom is 0.258 e. The molecule has 0 spiro atoms. The van der Waals surface area contributed by atoms with Crippen LogP contribution in [0.2, 0.25) is 0 Å². The number of aryl methyl sites for hydroxylation is 1. The molecule has 5 aliphatic heterocycles. The molecule has 5 fully saturated rings. The molecule has 0 unspecified atom stereocenters. The number of pyridine rings is 4. The van der Waals surface area contributed by atoms with Crippen molar-refractivity contribution in [1.29, 1.82) is 0 Å². The number of methoxy groups -OCH3 is 4. The average Bonchev–Trinajstić information content (AvgIpc) is 0.839. The minimum absolute atomic E-state index is 0.0946. The zero-order chi connectivity index (χ0) is 81.0. The van der Waals surface area contributed by atoms with E-state index in [1.54, 1.807) is 67.5 Å². The van der Waals surface area contributed by atoms with E-state index in [9.17, 15) is 33.1 Å². The number of hydrogen-bond donors (Lipinski definition) is 2. The molecule has 29 heteroatoms. The summed E-state index contributed by atoms with van der Waals surface area (Å²) in [5.74, 6) is 1.84. The molecule has 0 bridgehead atoms. The zero-order valence-electron chi connectivity index (χ0n) is 66.4. The van der Waals surface area contributed by atoms with Crippen LogP contribution < -0.4 is 65.9 Å². The van der Waals surface area contributed by atoms with Crippen LogP contribution in [-0.4, -0.2) is 214 Å². The van der Waals surface area contributed by atoms with Crippen molar-refractivity contribution in [2.24, 2.45) is 0 Å². The Labute approximate surface area is 667 Å². The van der Waals surface area contributed by atoms with E-state index in [-0.39, 0.29) is 45.9 Å². The van der Waals surface area contributed by atoms with Gasteiger partial charge in [-0.1, -0.05) is 6.07 Å². The van der Waals surface area contributed by atoms with Crippen molar-refractivity contribution in [1.82, 2.24) is 62.5 Å². The van der Waals surface area contributed by atoms with Crippen LogP contribution in [0, 0.1) is 18.6 Å². The third kappa shape index (κ3) is 17.3. The number of benzene rings is 4. The fraction of sp³-hybridized carbons (Fsp3) is 0.345. The van der Waals surface area contributed by atoms with Gasteiger partial charge in [0.2, 0.25) is 0 Å². The first-order chi connectivity index (χ1) is 56.1. The number of likely N-dealkylation sites (N-methyl/N-ethyl adjacent to an activating group) is 2. The summed E-state index contributed by atoms with van der Waals surface area (Å²) in [6.45, 7) is 14.3. The molecule has 27 nitrogen and oxygen atoms in total. The Morgan fingerprint density at radius 1 is 0.509 bits per heavy atom. The topological polar surface area (TPSA) is 261 Å². The van der Waals surface area contributed by atoms with Crippen molar-refractivity contribution >= 4 is 50.8 Å². The third-order valence-electron chi connectivity index (χ3n) is 22.4. The summed E-state index contributed by atoms with van der Waals surface area (Å²) in [7, 11) is 12.3. The van der Waals surface area contributed by atoms with Gasteiger partial charge in [0.05, 0.1) is 86.6 Å². The fourth-order valence-corrected chi connectivity index (χ4v) is 15.6. The van der Waals surface area contributed by atoms with Crippen molar-refractivity contribution in [2.45, 2.75) is 76.3 Å². The summed E-state index contributed by atoms with van der Waals surface area (Å²) in [4.78, 5) is 87.4. The molecule has 0 aliphatic carbocycles. The molecular formula is C87H94F2N16O11. The number of ether oxygens (including phenoxy) is 5. The van der Waals surface area contributed by atoms with Gasteiger partial charge in [-0.05, 0) is 188 Å². The number of anilines is 3. The molecule has 5 saturated heterocycles. The Hall–Kier alpha value is -12.2. The van der Waals surface area contributed by atoms with Crippen LogP contribution in [0.25, 0.3) is 78.7 Å². The number of aromatic nitrogens is 9. The Morgan fingerprint density at radius 2 is 1.01 bits per heavy atom. The number of β-amino-alcohol motifs (C(OH)–C–C–N with tert-alkyl or cyclic N) is 1. The number of likely N-dealkylation sites (tertiary alicyclic amines) is 2. The van der Waals surface area contributed by atoms with Crippen LogP contribution >= 0.6 is 0 Å². The lowest BCUT2D eigenvalue weighted by atomic mass is 10.1. The van der Waals surface area contributed by atoms with E-state index in [1.807, 2.05) is 93.0 Å². The number of halogens is 2. The first-order valence-corrected chi connectivity index (χ1v) is 39.0. The van der Waals surface area contributed by atoms with Crippen LogP contribution in [0.3, 0.4) is 0 Å². The SMILES string of the molecule is COc1ccc(-c2cc(=O)n3cc(N(C)[C@@H]4CCNC4)ccc3n2)cc1F.COc1ccc(-c2cc(=O)n3cc(N4C[C@H](O)[C@@H](N5CCCC5)C4)ccc3n2)cc1F.COc1ccc(-c2cc(=O)n3cc(OC4CCN(C)CC4)ccc3n2)cc1OC.Cc1nc2ccc(-c3cc(=O)n4cc(N5CCN(C)[C@@H](C)C5)ccc4n3)cc2o1. The highest BCUT2D eigenvalue weighted by Gasteiger charge is 2.37. The van der Waals surface area contributed by atoms with Gasteiger partial charge in [-0.25, -0.2) is 33.7 Å². The van der Waals surface area contributed by atoms with Crippen LogP contribution in [0.15, 0.2) is 194 Å². The van der Waals surface area contributed by atoms with E-state index >= 15 is 0 Å². The van der Waals surface area contributed by atoms with Gasteiger partial charge in [0.15, 0.2) is 46.1 Å². The van der Waals surface area contributed by atoms with E-state index in [2.05, 4.69) is 75.7 Å². The van der Waals surface area contributed by atoms with Gasteiger partial charge in [0.25, 0.3) is 22.2 Å². The van der Waals surface area contributed by atoms with Crippen molar-refractivity contribution in [3.8, 4) is 73.8 Å². The minimum atomic E-state index is -0.502. The van der Waals surface area contributed by atoms with Crippen molar-refractivity contribution in [2.75, 3.05) is 136 Å². The summed E-state index contributed by atoms with van der Waals surface area (Å²) in [6.07, 6.45) is 12.4. The second-order valence-electron chi connectivity index (χ2n) is 30.0. The zero-order valence-corrected chi connectivity index (χ0v) is 66.4. The number of oxazole rings is 1. The number of piperidine rings is 1. The second kappa shape index (κ2) is 34.5. The highest BCUT2D eigenvalue weighted by atomic mass is 19.1. The van der Waals surface area contributed by atoms with E-state index in [0.29, 0.717) is 104 Å². The van der Waals surface area contributed by atoms with Crippen molar-refractivity contribution in [3.05, 3.63) is 229 Å². The second-order valence-corrected chi connectivity index (χ2v) is 30.0. The lowest BCUT2D eigenvalue weighted by Crippen LogP contribution is -2.50. The average molecular weight is 1580 g/mol. The first kappa shape index (κ1) is 79.1. The monoisotopic (exact) mass is 1580 g/mol. The van der Waals surface area contributed by atoms with Crippen LogP contribution in [-0.2, 0) is 0 Å². The largest absolute Gasteiger partial charge is 0.494 e. The smallest absolute Gasteiger partial charge is 0.258 e. The Morgan fingerprint density at radius 3 is 1.54 bits per heavy atom. The lowest BCUT2D eigenvalue weighted by Gasteiger charge is -2.39. The van der Waals surface area contributed by atoms with Gasteiger partial charge in [-0.15, -0.1) is 0 Å². The number of hydrogen-bond acceptors (Lipinski definition) is 23. The van der Waals surface area contributed by atoms with Gasteiger partial charge in [0, 0.05) is 144 Å². The Bertz CT molecular complexity index is 6020. The quantitative estimate of drug-likeness (QED) is 0.0966. The maximum absolute atomic E-state index is 14.1. The Balaban J connectivity index is 0.000000122. The van der Waals surface area contributed by atoms with E-state index in [0.717, 1.165) is 118 Å². The molecule has 0 amide bonds. The molecule has 2 N–H and O–H groups in total. The molecule has 0 saturated carbocycles. The van der Waals surface area contributed by atoms with E-state index < -0.39 is 17.7 Å². The molecule has 4 atom stereocenters. The summed E-state index contributed by atoms with van der Waals surface area (Å²) in [5, 5.41) is 13.9. The number of aliphatic hydroxyl groups is 1. The number of aliphatic hydroxyl groups excluding tert-OH is 1. The number of fused-ring (bicyclic) bond motifs is 5. The number of nitrogens with one attached hydrogen (secondary N) is 1. The third-order valence-corrected chi connectivity index (χ3v) is 22.4. The highest BCUT2D eigenvalue weighted by Crippen LogP contribution is 2.34. The fourth-order valence-electron chi connectivity index (χ4n) is 15.6. The van der Waals surface area contributed by atoms with Gasteiger partial charge >= 0.3 is 0 Å². The molecule has 0 radical (unpaired) electrons. The van der Waals surface area contributed by atoms with E-state index in [1.165, 1.54) is 82.7 Å². The van der Waals surface area contributed by atoms with Crippen molar-refractivity contribution < 1.29 is 42.0 Å². The summed E-state index contributed by atoms with van der Waals surface area (Å²) >= 11 is 0. The normalized spacial score (nSPS) is 18.1. The molecule has 13 aromatic rings. The van der Waals surface area contributed by atoms with Gasteiger partial charge < -0.3 is 63.0 Å².